The normalized spacial score (nSPS) is 11.2. The Kier molecular flexibility index (Phi) is 2.70. The average molecular weight is 185 g/mol. The van der Waals surface area contributed by atoms with Gasteiger partial charge in [0, 0.05) is 0 Å². The van der Waals surface area contributed by atoms with Crippen molar-refractivity contribution in [3.8, 4) is 0 Å². The molecule has 6 nitrogen and oxygen atoms in total. The Balaban J connectivity index is 2.96. The molecule has 1 rings (SSSR count). The number of amides is 1. The number of hydrogen-bond donors (Lipinski definition) is 0. The van der Waals surface area contributed by atoms with Crippen LogP contribution in [-0.2, 0) is 9.63 Å². The van der Waals surface area contributed by atoms with Crippen molar-refractivity contribution >= 4 is 23.0 Å². The van der Waals surface area contributed by atoms with E-state index in [9.17, 15) is 4.79 Å². The highest BCUT2D eigenvalue weighted by atomic mass is 32.1. The fraction of sp³-hybridized carbons (Fsp3) is 0.200. The fourth-order valence-corrected chi connectivity index (χ4v) is 1.08. The molecule has 0 aliphatic heterocycles. The lowest BCUT2D eigenvalue weighted by Crippen LogP contribution is -2.16. The largest absolute Gasteiger partial charge is 0.398 e. The van der Waals surface area contributed by atoms with E-state index in [1.807, 2.05) is 0 Å². The SMILES string of the molecule is CO/N=C(/C([NH])=O)c1nncs1. The molecule has 0 fully saturated rings. The summed E-state index contributed by atoms with van der Waals surface area (Å²) in [4.78, 5) is 15.0. The van der Waals surface area contributed by atoms with E-state index in [1.165, 1.54) is 12.6 Å². The maximum absolute atomic E-state index is 10.6. The molecule has 1 aromatic heterocycles. The molecule has 0 aliphatic carbocycles. The lowest BCUT2D eigenvalue weighted by molar-refractivity contribution is -0.112. The maximum Gasteiger partial charge on any atom is 0.294 e. The second-order valence-corrected chi connectivity index (χ2v) is 2.53. The molecular weight excluding hydrogens is 180 g/mol. The molecule has 0 saturated carbocycles. The van der Waals surface area contributed by atoms with Gasteiger partial charge in [0.2, 0.25) is 5.71 Å². The fourth-order valence-electron chi connectivity index (χ4n) is 0.545. The number of carbonyl (C=O) groups excluding carboxylic acids is 1. The van der Waals surface area contributed by atoms with Gasteiger partial charge in [-0.15, -0.1) is 10.2 Å². The molecule has 7 heteroatoms. The van der Waals surface area contributed by atoms with E-state index in [2.05, 4.69) is 20.2 Å². The molecule has 0 aliphatic rings. The average Bonchev–Trinajstić information content (AvgIpc) is 2.51. The summed E-state index contributed by atoms with van der Waals surface area (Å²) < 4.78 is 0. The van der Waals surface area contributed by atoms with Crippen molar-refractivity contribution in [2.45, 2.75) is 0 Å². The first kappa shape index (κ1) is 8.60. The quantitative estimate of drug-likeness (QED) is 0.477. The molecule has 0 saturated heterocycles. The summed E-state index contributed by atoms with van der Waals surface area (Å²) >= 11 is 1.13. The van der Waals surface area contributed by atoms with Crippen molar-refractivity contribution in [1.29, 1.82) is 0 Å². The number of nitrogens with one attached hydrogen (secondary N) is 1. The number of aromatic nitrogens is 2. The zero-order valence-corrected chi connectivity index (χ0v) is 6.96. The first-order valence-electron chi connectivity index (χ1n) is 2.89. The molecule has 1 amide bonds. The summed E-state index contributed by atoms with van der Waals surface area (Å²) in [6, 6.07) is 0. The Morgan fingerprint density at radius 1 is 1.83 bits per heavy atom. The van der Waals surface area contributed by atoms with Gasteiger partial charge in [-0.2, -0.15) is 0 Å². The van der Waals surface area contributed by atoms with Gasteiger partial charge in [-0.3, -0.25) is 10.5 Å². The Hall–Kier alpha value is -1.50. The molecule has 0 atom stereocenters. The zero-order chi connectivity index (χ0) is 8.97. The smallest absolute Gasteiger partial charge is 0.294 e. The van der Waals surface area contributed by atoms with Crippen LogP contribution in [0.25, 0.3) is 0 Å². The van der Waals surface area contributed by atoms with Crippen molar-refractivity contribution in [2.24, 2.45) is 5.16 Å². The van der Waals surface area contributed by atoms with Gasteiger partial charge in [-0.1, -0.05) is 16.5 Å². The third kappa shape index (κ3) is 1.76. The van der Waals surface area contributed by atoms with Gasteiger partial charge in [0.1, 0.15) is 12.6 Å². The van der Waals surface area contributed by atoms with Crippen LogP contribution in [0.2, 0.25) is 0 Å². The molecule has 1 radical (unpaired) electrons. The van der Waals surface area contributed by atoms with E-state index in [4.69, 9.17) is 5.73 Å². The van der Waals surface area contributed by atoms with Gasteiger partial charge in [0.15, 0.2) is 5.01 Å². The van der Waals surface area contributed by atoms with Crippen molar-refractivity contribution < 1.29 is 9.63 Å². The van der Waals surface area contributed by atoms with Crippen LogP contribution in [0.5, 0.6) is 0 Å². The third-order valence-electron chi connectivity index (χ3n) is 0.960. The molecule has 1 N–H and O–H groups in total. The predicted molar refractivity (Wildman–Crippen MR) is 41.6 cm³/mol. The first-order valence-corrected chi connectivity index (χ1v) is 3.77. The molecule has 0 aromatic carbocycles. The molecule has 0 spiro atoms. The number of nitrogens with zero attached hydrogens (tertiary/aromatic N) is 3. The Labute approximate surface area is 72.0 Å². The minimum absolute atomic E-state index is 0.125. The second kappa shape index (κ2) is 3.77. The van der Waals surface area contributed by atoms with Gasteiger partial charge < -0.3 is 4.84 Å². The van der Waals surface area contributed by atoms with Crippen LogP contribution in [0.15, 0.2) is 10.7 Å². The Bertz CT molecular complexity index is 294. The summed E-state index contributed by atoms with van der Waals surface area (Å²) in [7, 11) is 1.30. The number of hydrogen-bond acceptors (Lipinski definition) is 6. The van der Waals surface area contributed by atoms with Crippen molar-refractivity contribution in [2.75, 3.05) is 7.11 Å². The maximum atomic E-state index is 10.6. The van der Waals surface area contributed by atoms with Gasteiger partial charge in [0.25, 0.3) is 5.91 Å². The number of oxime groups is 1. The van der Waals surface area contributed by atoms with Crippen LogP contribution >= 0.6 is 11.3 Å². The molecule has 0 unspecified atom stereocenters. The summed E-state index contributed by atoms with van der Waals surface area (Å²) in [6.07, 6.45) is 0. The Morgan fingerprint density at radius 2 is 2.58 bits per heavy atom. The zero-order valence-electron chi connectivity index (χ0n) is 6.14. The standard InChI is InChI=1S/C5H5N4O2S/c1-11-9-3(4(6)10)5-8-7-2-12-5/h2,6H,1H3/b9-3-. The molecular formula is C5H5N4O2S. The van der Waals surface area contributed by atoms with E-state index in [-0.39, 0.29) is 10.7 Å². The first-order chi connectivity index (χ1) is 5.75. The van der Waals surface area contributed by atoms with Gasteiger partial charge in [-0.05, 0) is 0 Å². The summed E-state index contributed by atoms with van der Waals surface area (Å²) in [6.45, 7) is 0. The van der Waals surface area contributed by atoms with Crippen LogP contribution in [0.4, 0.5) is 0 Å². The Morgan fingerprint density at radius 3 is 3.00 bits per heavy atom. The van der Waals surface area contributed by atoms with Crippen LogP contribution in [0.3, 0.4) is 0 Å². The lowest BCUT2D eigenvalue weighted by Gasteiger charge is -1.92. The van der Waals surface area contributed by atoms with E-state index < -0.39 is 5.91 Å². The van der Waals surface area contributed by atoms with Crippen molar-refractivity contribution in [3.63, 3.8) is 0 Å². The van der Waals surface area contributed by atoms with Gasteiger partial charge in [0.05, 0.1) is 0 Å². The minimum atomic E-state index is -0.936. The summed E-state index contributed by atoms with van der Waals surface area (Å²) in [5, 5.41) is 10.7. The van der Waals surface area contributed by atoms with E-state index in [1.54, 1.807) is 0 Å². The van der Waals surface area contributed by atoms with Gasteiger partial charge in [-0.25, -0.2) is 0 Å². The lowest BCUT2D eigenvalue weighted by atomic mass is 10.4. The number of carbonyl (C=O) groups is 1. The van der Waals surface area contributed by atoms with E-state index in [0.717, 1.165) is 11.3 Å². The highest BCUT2D eigenvalue weighted by Crippen LogP contribution is 2.03. The predicted octanol–water partition coefficient (Wildman–Crippen LogP) is -0.302. The van der Waals surface area contributed by atoms with Crippen molar-refractivity contribution in [1.82, 2.24) is 15.9 Å². The molecule has 1 heterocycles. The van der Waals surface area contributed by atoms with Gasteiger partial charge >= 0.3 is 0 Å². The molecule has 0 bridgehead atoms. The van der Waals surface area contributed by atoms with E-state index >= 15 is 0 Å². The topological polar surface area (TPSA) is 88.2 Å². The van der Waals surface area contributed by atoms with Crippen LogP contribution in [0, 0.1) is 0 Å². The summed E-state index contributed by atoms with van der Waals surface area (Å²) in [5.41, 5.74) is 8.13. The molecule has 1 aromatic rings. The van der Waals surface area contributed by atoms with Crippen molar-refractivity contribution in [3.05, 3.63) is 10.5 Å². The second-order valence-electron chi connectivity index (χ2n) is 1.70. The molecule has 12 heavy (non-hydrogen) atoms. The third-order valence-corrected chi connectivity index (χ3v) is 1.66. The monoisotopic (exact) mass is 185 g/mol. The van der Waals surface area contributed by atoms with Crippen LogP contribution in [0.1, 0.15) is 5.01 Å². The van der Waals surface area contributed by atoms with Crippen LogP contribution in [-0.4, -0.2) is 28.9 Å². The molecule has 63 valence electrons. The highest BCUT2D eigenvalue weighted by Gasteiger charge is 2.15. The van der Waals surface area contributed by atoms with Crippen LogP contribution < -0.4 is 5.73 Å². The number of rotatable bonds is 3. The summed E-state index contributed by atoms with van der Waals surface area (Å²) in [5.74, 6) is -0.936. The van der Waals surface area contributed by atoms with E-state index in [0.29, 0.717) is 0 Å². The minimum Gasteiger partial charge on any atom is -0.398 e. The highest BCUT2D eigenvalue weighted by molar-refractivity contribution is 7.12.